The number of pyridine rings is 1. The number of nitrogens with two attached hydrogens (primary N) is 1. The van der Waals surface area contributed by atoms with E-state index in [1.165, 1.54) is 17.8 Å². The van der Waals surface area contributed by atoms with Crippen LogP contribution in [0.2, 0.25) is 0 Å². The number of anilines is 2. The SMILES string of the molecule is CN(C)Cc1ccc(Cn2c(-c3cncc(F)c3)nc3c(N)nc(N4CCC4)nc32)cc1. The van der Waals surface area contributed by atoms with Gasteiger partial charge in [-0.1, -0.05) is 24.3 Å². The molecule has 0 aliphatic carbocycles. The van der Waals surface area contributed by atoms with Crippen molar-refractivity contribution < 1.29 is 4.39 Å². The predicted molar refractivity (Wildman–Crippen MR) is 123 cm³/mol. The Morgan fingerprint density at radius 1 is 1.03 bits per heavy atom. The molecule has 4 heterocycles. The van der Waals surface area contributed by atoms with Gasteiger partial charge in [-0.15, -0.1) is 0 Å². The molecule has 1 aliphatic heterocycles. The molecule has 5 rings (SSSR count). The van der Waals surface area contributed by atoms with Crippen molar-refractivity contribution in [2.75, 3.05) is 37.8 Å². The summed E-state index contributed by atoms with van der Waals surface area (Å²) in [5.74, 6) is 1.07. The van der Waals surface area contributed by atoms with Crippen molar-refractivity contribution in [2.45, 2.75) is 19.5 Å². The van der Waals surface area contributed by atoms with E-state index in [1.807, 2.05) is 18.7 Å². The largest absolute Gasteiger partial charge is 0.382 e. The number of benzene rings is 1. The highest BCUT2D eigenvalue weighted by Gasteiger charge is 2.23. The van der Waals surface area contributed by atoms with Gasteiger partial charge in [0.15, 0.2) is 17.0 Å². The topological polar surface area (TPSA) is 89.0 Å². The zero-order valence-corrected chi connectivity index (χ0v) is 18.2. The Morgan fingerprint density at radius 2 is 1.78 bits per heavy atom. The molecule has 0 radical (unpaired) electrons. The van der Waals surface area contributed by atoms with Gasteiger partial charge in [-0.2, -0.15) is 9.97 Å². The van der Waals surface area contributed by atoms with E-state index in [0.29, 0.717) is 40.9 Å². The second kappa shape index (κ2) is 8.16. The van der Waals surface area contributed by atoms with Crippen LogP contribution < -0.4 is 10.6 Å². The lowest BCUT2D eigenvalue weighted by atomic mass is 10.1. The van der Waals surface area contributed by atoms with E-state index in [2.05, 4.69) is 44.0 Å². The lowest BCUT2D eigenvalue weighted by Gasteiger charge is -2.30. The monoisotopic (exact) mass is 432 g/mol. The van der Waals surface area contributed by atoms with Gasteiger partial charge >= 0.3 is 0 Å². The number of hydrogen-bond acceptors (Lipinski definition) is 7. The van der Waals surface area contributed by atoms with Crippen LogP contribution in [0.3, 0.4) is 0 Å². The van der Waals surface area contributed by atoms with Gasteiger partial charge in [-0.05, 0) is 37.7 Å². The molecular weight excluding hydrogens is 407 g/mol. The zero-order valence-electron chi connectivity index (χ0n) is 18.2. The molecule has 0 atom stereocenters. The molecule has 32 heavy (non-hydrogen) atoms. The average Bonchev–Trinajstić information content (AvgIpc) is 3.07. The summed E-state index contributed by atoms with van der Waals surface area (Å²) in [7, 11) is 4.09. The van der Waals surface area contributed by atoms with Gasteiger partial charge in [0, 0.05) is 31.4 Å². The van der Waals surface area contributed by atoms with Gasteiger partial charge in [0.05, 0.1) is 12.7 Å². The Bertz CT molecular complexity index is 1260. The Balaban J connectivity index is 1.62. The molecule has 2 N–H and O–H groups in total. The fourth-order valence-electron chi connectivity index (χ4n) is 3.87. The first-order chi connectivity index (χ1) is 15.5. The molecule has 0 bridgehead atoms. The van der Waals surface area contributed by atoms with Crippen molar-refractivity contribution in [1.29, 1.82) is 0 Å². The van der Waals surface area contributed by atoms with Gasteiger partial charge in [-0.3, -0.25) is 4.98 Å². The van der Waals surface area contributed by atoms with Crippen LogP contribution in [0.5, 0.6) is 0 Å². The molecule has 0 saturated carbocycles. The molecule has 0 unspecified atom stereocenters. The van der Waals surface area contributed by atoms with Crippen molar-refractivity contribution in [3.05, 3.63) is 59.7 Å². The molecule has 1 aromatic carbocycles. The number of imidazole rings is 1. The van der Waals surface area contributed by atoms with E-state index in [4.69, 9.17) is 15.7 Å². The Labute approximate surface area is 185 Å². The molecule has 1 aliphatic rings. The fourth-order valence-corrected chi connectivity index (χ4v) is 3.87. The van der Waals surface area contributed by atoms with E-state index < -0.39 is 5.82 Å². The average molecular weight is 433 g/mol. The number of nitrogen functional groups attached to an aromatic ring is 1. The van der Waals surface area contributed by atoms with Crippen LogP contribution in [0.4, 0.5) is 16.2 Å². The minimum Gasteiger partial charge on any atom is -0.382 e. The summed E-state index contributed by atoms with van der Waals surface area (Å²) >= 11 is 0. The second-order valence-corrected chi connectivity index (χ2v) is 8.39. The zero-order chi connectivity index (χ0) is 22.2. The van der Waals surface area contributed by atoms with Crippen LogP contribution in [0.15, 0.2) is 42.7 Å². The van der Waals surface area contributed by atoms with Crippen LogP contribution >= 0.6 is 0 Å². The number of fused-ring (bicyclic) bond motifs is 1. The molecule has 164 valence electrons. The third-order valence-electron chi connectivity index (χ3n) is 5.57. The van der Waals surface area contributed by atoms with Crippen LogP contribution in [0, 0.1) is 5.82 Å². The molecule has 9 heteroatoms. The van der Waals surface area contributed by atoms with Gasteiger partial charge in [-0.25, -0.2) is 9.37 Å². The van der Waals surface area contributed by atoms with Crippen LogP contribution in [-0.2, 0) is 13.1 Å². The molecular formula is C23H25FN8. The summed E-state index contributed by atoms with van der Waals surface area (Å²) in [5, 5.41) is 0. The maximum Gasteiger partial charge on any atom is 0.229 e. The molecule has 3 aromatic heterocycles. The smallest absolute Gasteiger partial charge is 0.229 e. The Kier molecular flexibility index (Phi) is 5.18. The lowest BCUT2D eigenvalue weighted by molar-refractivity contribution is 0.402. The standard InChI is InChI=1S/C23H25FN8/c1-30(2)13-15-4-6-16(7-5-15)14-32-21(17-10-18(24)12-26-11-17)27-19-20(25)28-23(29-22(19)32)31-8-3-9-31/h4-7,10-12H,3,8-9,13-14H2,1-2H3,(H2,25,28,29). The first-order valence-electron chi connectivity index (χ1n) is 10.6. The first-order valence-corrected chi connectivity index (χ1v) is 10.6. The third kappa shape index (κ3) is 3.87. The van der Waals surface area contributed by atoms with Crippen LogP contribution in [-0.4, -0.2) is 56.6 Å². The number of rotatable bonds is 6. The second-order valence-electron chi connectivity index (χ2n) is 8.39. The molecule has 1 saturated heterocycles. The highest BCUT2D eigenvalue weighted by Crippen LogP contribution is 2.29. The summed E-state index contributed by atoms with van der Waals surface area (Å²) < 4.78 is 15.9. The summed E-state index contributed by atoms with van der Waals surface area (Å²) in [6, 6.07) is 9.85. The quantitative estimate of drug-likeness (QED) is 0.501. The van der Waals surface area contributed by atoms with E-state index in [9.17, 15) is 4.39 Å². The maximum absolute atomic E-state index is 14.0. The third-order valence-corrected chi connectivity index (χ3v) is 5.57. The summed E-state index contributed by atoms with van der Waals surface area (Å²) in [6.07, 6.45) is 3.89. The van der Waals surface area contributed by atoms with Crippen molar-refractivity contribution in [1.82, 2.24) is 29.4 Å². The lowest BCUT2D eigenvalue weighted by Crippen LogP contribution is -2.38. The van der Waals surface area contributed by atoms with Crippen LogP contribution in [0.25, 0.3) is 22.6 Å². The van der Waals surface area contributed by atoms with E-state index in [0.717, 1.165) is 31.6 Å². The summed E-state index contributed by atoms with van der Waals surface area (Å²) in [6.45, 7) is 3.21. The van der Waals surface area contributed by atoms with Crippen LogP contribution in [0.1, 0.15) is 17.5 Å². The van der Waals surface area contributed by atoms with Crippen molar-refractivity contribution >= 4 is 22.9 Å². The molecule has 0 amide bonds. The normalized spacial score (nSPS) is 13.7. The predicted octanol–water partition coefficient (Wildman–Crippen LogP) is 2.93. The molecule has 8 nitrogen and oxygen atoms in total. The van der Waals surface area contributed by atoms with Gasteiger partial charge < -0.3 is 20.1 Å². The molecule has 1 fully saturated rings. The maximum atomic E-state index is 14.0. The van der Waals surface area contributed by atoms with Crippen molar-refractivity contribution in [2.24, 2.45) is 0 Å². The summed E-state index contributed by atoms with van der Waals surface area (Å²) in [4.78, 5) is 22.2. The Morgan fingerprint density at radius 3 is 2.44 bits per heavy atom. The van der Waals surface area contributed by atoms with E-state index >= 15 is 0 Å². The van der Waals surface area contributed by atoms with Gasteiger partial charge in [0.2, 0.25) is 5.95 Å². The highest BCUT2D eigenvalue weighted by atomic mass is 19.1. The fraction of sp³-hybridized carbons (Fsp3) is 0.304. The highest BCUT2D eigenvalue weighted by molar-refractivity contribution is 5.86. The minimum atomic E-state index is -0.422. The molecule has 4 aromatic rings. The van der Waals surface area contributed by atoms with E-state index in [1.54, 1.807) is 6.20 Å². The number of nitrogens with zero attached hydrogens (tertiary/aromatic N) is 7. The number of halogens is 1. The van der Waals surface area contributed by atoms with Crippen molar-refractivity contribution in [3.63, 3.8) is 0 Å². The number of hydrogen-bond donors (Lipinski definition) is 1. The first kappa shape index (κ1) is 20.3. The summed E-state index contributed by atoms with van der Waals surface area (Å²) in [5.41, 5.74) is 10.3. The van der Waals surface area contributed by atoms with E-state index in [-0.39, 0.29) is 0 Å². The Hall–Kier alpha value is -3.59. The molecule has 0 spiro atoms. The van der Waals surface area contributed by atoms with Gasteiger partial charge in [0.1, 0.15) is 11.6 Å². The van der Waals surface area contributed by atoms with Gasteiger partial charge in [0.25, 0.3) is 0 Å². The minimum absolute atomic E-state index is 0.322. The number of aromatic nitrogens is 5. The van der Waals surface area contributed by atoms with Crippen molar-refractivity contribution in [3.8, 4) is 11.4 Å².